The van der Waals surface area contributed by atoms with Gasteiger partial charge in [-0.1, -0.05) is 60.7 Å². The molecule has 0 bridgehead atoms. The van der Waals surface area contributed by atoms with Gasteiger partial charge in [-0.15, -0.1) is 0 Å². The molecule has 5 rings (SSSR count). The van der Waals surface area contributed by atoms with Crippen LogP contribution >= 0.6 is 0 Å². The van der Waals surface area contributed by atoms with Crippen LogP contribution in [0.15, 0.2) is 72.8 Å². The van der Waals surface area contributed by atoms with Crippen LogP contribution in [-0.4, -0.2) is 25.2 Å². The molecule has 2 aliphatic heterocycles. The second-order valence-electron chi connectivity index (χ2n) is 8.69. The Morgan fingerprint density at radius 3 is 1.44 bits per heavy atom. The number of carbonyl (C=O) groups excluding carboxylic acids is 2. The molecule has 182 valence electrons. The second kappa shape index (κ2) is 11.0. The zero-order chi connectivity index (χ0) is 24.7. The molecule has 6 nitrogen and oxygen atoms in total. The van der Waals surface area contributed by atoms with E-state index in [1.807, 2.05) is 85.0 Å². The average Bonchev–Trinajstić information content (AvgIpc) is 3.54. The number of hydrogen-bond donors (Lipinski definition) is 0. The third-order valence-electron chi connectivity index (χ3n) is 5.93. The largest absolute Gasteiger partial charge is 0.454 e. The summed E-state index contributed by atoms with van der Waals surface area (Å²) in [6.45, 7) is 0.487. The summed E-state index contributed by atoms with van der Waals surface area (Å²) in [6.07, 6.45) is 8.98. The minimum atomic E-state index is 0.129. The summed E-state index contributed by atoms with van der Waals surface area (Å²) in [5.41, 5.74) is 3.81. The number of rotatable bonds is 10. The van der Waals surface area contributed by atoms with E-state index in [2.05, 4.69) is 0 Å². The van der Waals surface area contributed by atoms with Crippen molar-refractivity contribution in [3.8, 4) is 23.0 Å². The molecule has 2 aliphatic rings. The molecule has 6 heteroatoms. The topological polar surface area (TPSA) is 71.1 Å². The van der Waals surface area contributed by atoms with Crippen molar-refractivity contribution in [2.24, 2.45) is 0 Å². The van der Waals surface area contributed by atoms with E-state index in [0.717, 1.165) is 45.3 Å². The predicted octanol–water partition coefficient (Wildman–Crippen LogP) is 5.57. The molecule has 0 unspecified atom stereocenters. The Balaban J connectivity index is 1.06. The molecule has 0 fully saturated rings. The summed E-state index contributed by atoms with van der Waals surface area (Å²) < 4.78 is 21.4. The SMILES string of the molecule is O=C(C/C=C/c1ccc2c(c1)OCO2)Cc1ccc(CC(=O)C/C=C/c2ccc3c(c2)OCO3)cc1. The Labute approximate surface area is 209 Å². The molecule has 0 radical (unpaired) electrons. The van der Waals surface area contributed by atoms with Crippen molar-refractivity contribution in [2.75, 3.05) is 13.6 Å². The van der Waals surface area contributed by atoms with Gasteiger partial charge in [0.05, 0.1) is 0 Å². The van der Waals surface area contributed by atoms with Crippen LogP contribution in [0.2, 0.25) is 0 Å². The highest BCUT2D eigenvalue weighted by molar-refractivity contribution is 5.84. The number of Topliss-reactive ketones (excluding diaryl/α,β-unsaturated/α-hetero) is 2. The first-order valence-electron chi connectivity index (χ1n) is 11.9. The summed E-state index contributed by atoms with van der Waals surface area (Å²) in [6, 6.07) is 19.1. The third-order valence-corrected chi connectivity index (χ3v) is 5.93. The van der Waals surface area contributed by atoms with Crippen molar-refractivity contribution in [3.63, 3.8) is 0 Å². The fourth-order valence-electron chi connectivity index (χ4n) is 4.06. The van der Waals surface area contributed by atoms with Gasteiger partial charge < -0.3 is 18.9 Å². The lowest BCUT2D eigenvalue weighted by Gasteiger charge is -2.03. The maximum atomic E-state index is 12.4. The van der Waals surface area contributed by atoms with E-state index < -0.39 is 0 Å². The van der Waals surface area contributed by atoms with Crippen LogP contribution in [0, 0.1) is 0 Å². The van der Waals surface area contributed by atoms with Crippen LogP contribution in [0.4, 0.5) is 0 Å². The molecule has 0 N–H and O–H groups in total. The molecule has 0 saturated carbocycles. The zero-order valence-corrected chi connectivity index (χ0v) is 19.8. The van der Waals surface area contributed by atoms with Crippen LogP contribution in [0.5, 0.6) is 23.0 Å². The van der Waals surface area contributed by atoms with Crippen molar-refractivity contribution in [3.05, 3.63) is 95.1 Å². The molecule has 0 atom stereocenters. The number of hydrogen-bond acceptors (Lipinski definition) is 6. The Morgan fingerprint density at radius 1 is 0.583 bits per heavy atom. The highest BCUT2D eigenvalue weighted by Crippen LogP contribution is 2.33. The molecule has 3 aromatic carbocycles. The van der Waals surface area contributed by atoms with Crippen molar-refractivity contribution < 1.29 is 28.5 Å². The number of ketones is 2. The van der Waals surface area contributed by atoms with Gasteiger partial charge in [-0.3, -0.25) is 9.59 Å². The van der Waals surface area contributed by atoms with Crippen LogP contribution in [0.1, 0.15) is 35.1 Å². The lowest BCUT2D eigenvalue weighted by Crippen LogP contribution is -2.03. The summed E-state index contributed by atoms with van der Waals surface area (Å²) >= 11 is 0. The maximum absolute atomic E-state index is 12.4. The van der Waals surface area contributed by atoms with Gasteiger partial charge in [0.1, 0.15) is 11.6 Å². The Kier molecular flexibility index (Phi) is 7.12. The van der Waals surface area contributed by atoms with Gasteiger partial charge in [0.25, 0.3) is 0 Å². The number of carbonyl (C=O) groups is 2. The summed E-state index contributed by atoms with van der Waals surface area (Å²) in [5.74, 6) is 3.19. The normalized spacial score (nSPS) is 13.6. The number of fused-ring (bicyclic) bond motifs is 2. The first-order valence-corrected chi connectivity index (χ1v) is 11.9. The van der Waals surface area contributed by atoms with E-state index in [4.69, 9.17) is 18.9 Å². The van der Waals surface area contributed by atoms with Gasteiger partial charge in [0.15, 0.2) is 23.0 Å². The van der Waals surface area contributed by atoms with Gasteiger partial charge in [-0.25, -0.2) is 0 Å². The van der Waals surface area contributed by atoms with E-state index >= 15 is 0 Å². The van der Waals surface area contributed by atoms with Gasteiger partial charge in [-0.2, -0.15) is 0 Å². The summed E-state index contributed by atoms with van der Waals surface area (Å²) in [7, 11) is 0. The van der Waals surface area contributed by atoms with Crippen molar-refractivity contribution in [1.29, 1.82) is 0 Å². The fraction of sp³-hybridized carbons (Fsp3) is 0.200. The molecule has 2 heterocycles. The van der Waals surface area contributed by atoms with Gasteiger partial charge in [-0.05, 0) is 46.5 Å². The highest BCUT2D eigenvalue weighted by Gasteiger charge is 2.13. The maximum Gasteiger partial charge on any atom is 0.231 e. The van der Waals surface area contributed by atoms with Gasteiger partial charge in [0.2, 0.25) is 13.6 Å². The minimum absolute atomic E-state index is 0.129. The molecule has 3 aromatic rings. The molecule has 0 aromatic heterocycles. The van der Waals surface area contributed by atoms with E-state index in [9.17, 15) is 9.59 Å². The molecule has 0 amide bonds. The zero-order valence-electron chi connectivity index (χ0n) is 19.8. The summed E-state index contributed by atoms with van der Waals surface area (Å²) in [5, 5.41) is 0. The monoisotopic (exact) mass is 482 g/mol. The van der Waals surface area contributed by atoms with Gasteiger partial charge >= 0.3 is 0 Å². The Morgan fingerprint density at radius 2 is 1.00 bits per heavy atom. The quantitative estimate of drug-likeness (QED) is 0.376. The lowest BCUT2D eigenvalue weighted by molar-refractivity contribution is -0.118. The molecule has 36 heavy (non-hydrogen) atoms. The van der Waals surface area contributed by atoms with Crippen molar-refractivity contribution in [1.82, 2.24) is 0 Å². The Hall–Kier alpha value is -4.32. The predicted molar refractivity (Wildman–Crippen MR) is 136 cm³/mol. The Bertz CT molecular complexity index is 1220. The van der Waals surface area contributed by atoms with Crippen LogP contribution in [0.3, 0.4) is 0 Å². The molecule has 0 spiro atoms. The molecule has 0 saturated heterocycles. The molecule has 0 aliphatic carbocycles. The first kappa shape index (κ1) is 23.4. The minimum Gasteiger partial charge on any atom is -0.454 e. The van der Waals surface area contributed by atoms with Crippen molar-refractivity contribution >= 4 is 23.7 Å². The van der Waals surface area contributed by atoms with Crippen molar-refractivity contribution in [2.45, 2.75) is 25.7 Å². The highest BCUT2D eigenvalue weighted by atomic mass is 16.7. The van der Waals surface area contributed by atoms with E-state index in [1.165, 1.54) is 0 Å². The first-order chi connectivity index (χ1) is 17.6. The number of ether oxygens (including phenoxy) is 4. The van der Waals surface area contributed by atoms with Crippen LogP contribution < -0.4 is 18.9 Å². The standard InChI is InChI=1S/C30H26O6/c31-25(5-1-3-21-11-13-27-29(17-21)35-19-33-27)15-23-7-9-24(10-8-23)16-26(32)6-2-4-22-12-14-28-30(18-22)36-20-34-28/h1-4,7-14,17-18H,5-6,15-16,19-20H2/b3-1+,4-2+. The number of benzene rings is 3. The third kappa shape index (κ3) is 6.02. The van der Waals surface area contributed by atoms with Crippen LogP contribution in [0.25, 0.3) is 12.2 Å². The molecular formula is C30H26O6. The fourth-order valence-corrected chi connectivity index (χ4v) is 4.06. The smallest absolute Gasteiger partial charge is 0.231 e. The second-order valence-corrected chi connectivity index (χ2v) is 8.69. The van der Waals surface area contributed by atoms with E-state index in [-0.39, 0.29) is 25.2 Å². The van der Waals surface area contributed by atoms with Crippen LogP contribution in [-0.2, 0) is 22.4 Å². The molecular weight excluding hydrogens is 456 g/mol. The van der Waals surface area contributed by atoms with Gasteiger partial charge in [0, 0.05) is 25.7 Å². The number of allylic oxidation sites excluding steroid dienone is 2. The average molecular weight is 483 g/mol. The summed E-state index contributed by atoms with van der Waals surface area (Å²) in [4.78, 5) is 24.8. The van der Waals surface area contributed by atoms with E-state index in [1.54, 1.807) is 0 Å². The lowest BCUT2D eigenvalue weighted by atomic mass is 10.0. The van der Waals surface area contributed by atoms with E-state index in [0.29, 0.717) is 25.7 Å².